The largest absolute Gasteiger partial charge is 0.341 e. The van der Waals surface area contributed by atoms with Gasteiger partial charge >= 0.3 is 0 Å². The van der Waals surface area contributed by atoms with Gasteiger partial charge in [0, 0.05) is 31.9 Å². The Morgan fingerprint density at radius 3 is 2.72 bits per heavy atom. The Hall–Kier alpha value is -1.36. The summed E-state index contributed by atoms with van der Waals surface area (Å²) in [6, 6.07) is -0.572. The molecule has 0 bridgehead atoms. The molecule has 100 valence electrons. The molecular weight excluding hydrogens is 228 g/mol. The number of amides is 1. The number of carbonyl (C=O) groups is 1. The Labute approximate surface area is 108 Å². The summed E-state index contributed by atoms with van der Waals surface area (Å²) in [5.74, 6) is 0.793. The highest BCUT2D eigenvalue weighted by atomic mass is 16.2. The molecule has 0 aromatic carbocycles. The molecule has 2 N–H and O–H groups in total. The summed E-state index contributed by atoms with van der Waals surface area (Å²) < 4.78 is 1.67. The van der Waals surface area contributed by atoms with Crippen LogP contribution in [0.25, 0.3) is 0 Å². The highest BCUT2D eigenvalue weighted by Gasteiger charge is 2.27. The molecule has 1 fully saturated rings. The van der Waals surface area contributed by atoms with Crippen molar-refractivity contribution in [3.8, 4) is 0 Å². The average molecular weight is 250 g/mol. The lowest BCUT2D eigenvalue weighted by Gasteiger charge is -2.33. The first-order chi connectivity index (χ1) is 8.61. The zero-order chi connectivity index (χ0) is 13.1. The lowest BCUT2D eigenvalue weighted by atomic mass is 9.94. The van der Waals surface area contributed by atoms with E-state index in [1.54, 1.807) is 17.1 Å². The number of hydrogen-bond donors (Lipinski definition) is 1. The molecule has 2 heterocycles. The van der Waals surface area contributed by atoms with E-state index in [1.807, 2.05) is 11.9 Å². The van der Waals surface area contributed by atoms with Gasteiger partial charge in [0.05, 0.1) is 6.20 Å². The third kappa shape index (κ3) is 2.72. The first kappa shape index (κ1) is 13.1. The molecule has 5 nitrogen and oxygen atoms in total. The van der Waals surface area contributed by atoms with E-state index in [-0.39, 0.29) is 5.91 Å². The van der Waals surface area contributed by atoms with Gasteiger partial charge in [0.2, 0.25) is 5.91 Å². The van der Waals surface area contributed by atoms with Gasteiger partial charge in [-0.15, -0.1) is 0 Å². The van der Waals surface area contributed by atoms with Crippen LogP contribution in [0.15, 0.2) is 12.4 Å². The van der Waals surface area contributed by atoms with Gasteiger partial charge in [-0.3, -0.25) is 9.48 Å². The molecule has 1 aromatic rings. The maximum absolute atomic E-state index is 12.3. The van der Waals surface area contributed by atoms with Crippen molar-refractivity contribution >= 4 is 5.91 Å². The minimum absolute atomic E-state index is 0.0255. The van der Waals surface area contributed by atoms with E-state index in [2.05, 4.69) is 12.0 Å². The summed E-state index contributed by atoms with van der Waals surface area (Å²) in [4.78, 5) is 14.2. The quantitative estimate of drug-likeness (QED) is 0.872. The van der Waals surface area contributed by atoms with E-state index in [4.69, 9.17) is 5.73 Å². The van der Waals surface area contributed by atoms with Crippen molar-refractivity contribution < 1.29 is 4.79 Å². The van der Waals surface area contributed by atoms with Crippen molar-refractivity contribution in [1.82, 2.24) is 14.7 Å². The van der Waals surface area contributed by atoms with E-state index in [0.29, 0.717) is 0 Å². The van der Waals surface area contributed by atoms with Crippen LogP contribution >= 0.6 is 0 Å². The van der Waals surface area contributed by atoms with Crippen molar-refractivity contribution in [2.45, 2.75) is 32.2 Å². The van der Waals surface area contributed by atoms with Crippen molar-refractivity contribution in [3.63, 3.8) is 0 Å². The third-order valence-electron chi connectivity index (χ3n) is 3.85. The van der Waals surface area contributed by atoms with Crippen LogP contribution in [-0.4, -0.2) is 33.7 Å². The number of nitrogens with zero attached hydrogens (tertiary/aromatic N) is 3. The minimum Gasteiger partial charge on any atom is -0.341 e. The lowest BCUT2D eigenvalue weighted by molar-refractivity contribution is -0.134. The standard InChI is InChI=1S/C13H22N4O/c1-3-10-4-6-17(7-5-10)13(18)12(14)11-8-15-16(2)9-11/h8-10,12H,3-7,14H2,1-2H3. The van der Waals surface area contributed by atoms with Gasteiger partial charge in [-0.1, -0.05) is 13.3 Å². The molecule has 1 saturated heterocycles. The molecule has 0 aliphatic carbocycles. The summed E-state index contributed by atoms with van der Waals surface area (Å²) in [6.45, 7) is 3.89. The van der Waals surface area contributed by atoms with Crippen LogP contribution in [0.5, 0.6) is 0 Å². The number of carbonyl (C=O) groups excluding carboxylic acids is 1. The first-order valence-electron chi connectivity index (χ1n) is 6.64. The molecule has 1 unspecified atom stereocenters. The second-order valence-corrected chi connectivity index (χ2v) is 5.10. The van der Waals surface area contributed by atoms with Crippen LogP contribution < -0.4 is 5.73 Å². The predicted octanol–water partition coefficient (Wildman–Crippen LogP) is 1.07. The second kappa shape index (κ2) is 5.52. The van der Waals surface area contributed by atoms with Crippen molar-refractivity contribution in [3.05, 3.63) is 18.0 Å². The van der Waals surface area contributed by atoms with E-state index in [9.17, 15) is 4.79 Å². The Morgan fingerprint density at radius 1 is 1.56 bits per heavy atom. The van der Waals surface area contributed by atoms with Gasteiger partial charge in [0.1, 0.15) is 6.04 Å². The normalized spacial score (nSPS) is 18.9. The third-order valence-corrected chi connectivity index (χ3v) is 3.85. The minimum atomic E-state index is -0.572. The molecule has 2 rings (SSSR count). The smallest absolute Gasteiger partial charge is 0.244 e. The zero-order valence-electron chi connectivity index (χ0n) is 11.2. The number of hydrogen-bond acceptors (Lipinski definition) is 3. The molecule has 0 saturated carbocycles. The first-order valence-corrected chi connectivity index (χ1v) is 6.64. The molecule has 0 spiro atoms. The fourth-order valence-electron chi connectivity index (χ4n) is 2.50. The van der Waals surface area contributed by atoms with Gasteiger partial charge in [-0.25, -0.2) is 0 Å². The summed E-state index contributed by atoms with van der Waals surface area (Å²) in [6.07, 6.45) is 6.88. The van der Waals surface area contributed by atoms with Gasteiger partial charge in [0.15, 0.2) is 0 Å². The average Bonchev–Trinajstić information content (AvgIpc) is 2.84. The van der Waals surface area contributed by atoms with Crippen LogP contribution in [0.4, 0.5) is 0 Å². The maximum atomic E-state index is 12.3. The van der Waals surface area contributed by atoms with E-state index in [1.165, 1.54) is 6.42 Å². The highest BCUT2D eigenvalue weighted by molar-refractivity contribution is 5.83. The Kier molecular flexibility index (Phi) is 4.01. The van der Waals surface area contributed by atoms with Gasteiger partial charge in [-0.05, 0) is 18.8 Å². The lowest BCUT2D eigenvalue weighted by Crippen LogP contribution is -2.43. The van der Waals surface area contributed by atoms with Crippen LogP contribution in [-0.2, 0) is 11.8 Å². The van der Waals surface area contributed by atoms with E-state index < -0.39 is 6.04 Å². The Balaban J connectivity index is 1.95. The summed E-state index contributed by atoms with van der Waals surface area (Å²) in [7, 11) is 1.83. The van der Waals surface area contributed by atoms with E-state index in [0.717, 1.165) is 37.4 Å². The SMILES string of the molecule is CCC1CCN(C(=O)C(N)c2cnn(C)c2)CC1. The fraction of sp³-hybridized carbons (Fsp3) is 0.692. The number of likely N-dealkylation sites (tertiary alicyclic amines) is 1. The summed E-state index contributed by atoms with van der Waals surface area (Å²) >= 11 is 0. The summed E-state index contributed by atoms with van der Waals surface area (Å²) in [5, 5.41) is 4.06. The molecule has 1 aliphatic rings. The number of nitrogens with two attached hydrogens (primary N) is 1. The highest BCUT2D eigenvalue weighted by Crippen LogP contribution is 2.22. The van der Waals surface area contributed by atoms with Crippen molar-refractivity contribution in [1.29, 1.82) is 0 Å². The van der Waals surface area contributed by atoms with Gasteiger partial charge in [0.25, 0.3) is 0 Å². The summed E-state index contributed by atoms with van der Waals surface area (Å²) in [5.41, 5.74) is 6.80. The number of piperidine rings is 1. The molecule has 1 aliphatic heterocycles. The zero-order valence-corrected chi connectivity index (χ0v) is 11.2. The second-order valence-electron chi connectivity index (χ2n) is 5.10. The number of aromatic nitrogens is 2. The molecule has 0 radical (unpaired) electrons. The molecule has 18 heavy (non-hydrogen) atoms. The molecule has 1 aromatic heterocycles. The molecule has 1 amide bonds. The van der Waals surface area contributed by atoms with Gasteiger partial charge < -0.3 is 10.6 Å². The Morgan fingerprint density at radius 2 is 2.22 bits per heavy atom. The molecule has 5 heteroatoms. The predicted molar refractivity (Wildman–Crippen MR) is 69.7 cm³/mol. The maximum Gasteiger partial charge on any atom is 0.244 e. The van der Waals surface area contributed by atoms with Crippen LogP contribution in [0.3, 0.4) is 0 Å². The Bertz CT molecular complexity index is 407. The monoisotopic (exact) mass is 250 g/mol. The van der Waals surface area contributed by atoms with Crippen LogP contribution in [0.1, 0.15) is 37.8 Å². The van der Waals surface area contributed by atoms with Crippen LogP contribution in [0.2, 0.25) is 0 Å². The number of rotatable bonds is 3. The molecular formula is C13H22N4O. The number of aryl methyl sites for hydroxylation is 1. The topological polar surface area (TPSA) is 64.2 Å². The van der Waals surface area contributed by atoms with Crippen molar-refractivity contribution in [2.75, 3.05) is 13.1 Å². The van der Waals surface area contributed by atoms with Crippen LogP contribution in [0, 0.1) is 5.92 Å². The van der Waals surface area contributed by atoms with Gasteiger partial charge in [-0.2, -0.15) is 5.10 Å². The fourth-order valence-corrected chi connectivity index (χ4v) is 2.50. The van der Waals surface area contributed by atoms with E-state index >= 15 is 0 Å². The van der Waals surface area contributed by atoms with Crippen molar-refractivity contribution in [2.24, 2.45) is 18.7 Å². The molecule has 1 atom stereocenters.